The van der Waals surface area contributed by atoms with Crippen LogP contribution in [0.1, 0.15) is 18.4 Å². The Morgan fingerprint density at radius 3 is 2.54 bits per heavy atom. The van der Waals surface area contributed by atoms with Gasteiger partial charge in [0.25, 0.3) is 0 Å². The third-order valence-corrected chi connectivity index (χ3v) is 6.86. The van der Waals surface area contributed by atoms with Crippen molar-refractivity contribution in [2.24, 2.45) is 0 Å². The van der Waals surface area contributed by atoms with Crippen molar-refractivity contribution >= 4 is 10.0 Å². The predicted octanol–water partition coefficient (Wildman–Crippen LogP) is 1.26. The largest absolute Gasteiger partial charge is 0.388 e. The molecule has 3 rings (SSSR count). The van der Waals surface area contributed by atoms with Gasteiger partial charge in [0, 0.05) is 32.0 Å². The number of aromatic nitrogens is 2. The minimum Gasteiger partial charge on any atom is -0.388 e. The quantitative estimate of drug-likeness (QED) is 0.847. The molecule has 2 aromatic rings. The van der Waals surface area contributed by atoms with Gasteiger partial charge in [0.2, 0.25) is 10.0 Å². The molecule has 0 bridgehead atoms. The van der Waals surface area contributed by atoms with Gasteiger partial charge in [0.05, 0.1) is 16.2 Å². The zero-order valence-corrected chi connectivity index (χ0v) is 16.3. The average molecular weight is 378 g/mol. The number of likely N-dealkylation sites (N-methyl/N-ethyl adjacent to an activating group) is 1. The van der Waals surface area contributed by atoms with Crippen molar-refractivity contribution in [2.75, 3.05) is 33.7 Å². The number of rotatable bonds is 5. The Balaban J connectivity index is 1.84. The number of sulfonamides is 1. The summed E-state index contributed by atoms with van der Waals surface area (Å²) in [5, 5.41) is 14.8. The van der Waals surface area contributed by atoms with Crippen LogP contribution in [0, 0.1) is 6.92 Å². The molecule has 0 atom stereocenters. The number of hydrogen-bond acceptors (Lipinski definition) is 5. The van der Waals surface area contributed by atoms with E-state index in [1.807, 2.05) is 25.1 Å². The topological polar surface area (TPSA) is 78.7 Å². The monoisotopic (exact) mass is 378 g/mol. The Morgan fingerprint density at radius 1 is 1.27 bits per heavy atom. The molecule has 1 aromatic heterocycles. The third-order valence-electron chi connectivity index (χ3n) is 4.82. The van der Waals surface area contributed by atoms with Crippen LogP contribution in [0.2, 0.25) is 0 Å². The third kappa shape index (κ3) is 3.83. The van der Waals surface area contributed by atoms with Crippen LogP contribution in [0.25, 0.3) is 5.69 Å². The van der Waals surface area contributed by atoms with Gasteiger partial charge in [0.15, 0.2) is 0 Å². The number of piperidine rings is 1. The smallest absolute Gasteiger partial charge is 0.243 e. The van der Waals surface area contributed by atoms with Gasteiger partial charge in [0.1, 0.15) is 0 Å². The van der Waals surface area contributed by atoms with Crippen LogP contribution in [0.15, 0.2) is 41.6 Å². The van der Waals surface area contributed by atoms with E-state index in [0.717, 1.165) is 0 Å². The highest BCUT2D eigenvalue weighted by atomic mass is 32.2. The summed E-state index contributed by atoms with van der Waals surface area (Å²) in [4.78, 5) is 2.23. The van der Waals surface area contributed by atoms with Crippen molar-refractivity contribution in [3.63, 3.8) is 0 Å². The zero-order chi connectivity index (χ0) is 18.9. The highest BCUT2D eigenvalue weighted by Gasteiger charge is 2.37. The Kier molecular flexibility index (Phi) is 5.21. The molecule has 1 N–H and O–H groups in total. The molecule has 2 heterocycles. The Morgan fingerprint density at radius 2 is 1.96 bits per heavy atom. The molecular weight excluding hydrogens is 352 g/mol. The van der Waals surface area contributed by atoms with Crippen LogP contribution in [0.4, 0.5) is 0 Å². The standard InChI is InChI=1S/C18H26N4O3S/c1-15-5-6-16(22-10-4-9-19-22)13-17(15)26(24,25)21-11-7-18(23,8-12-21)14-20(2)3/h4-6,9-10,13,23H,7-8,11-12,14H2,1-3H3. The number of aliphatic hydroxyl groups is 1. The first-order valence-corrected chi connectivity index (χ1v) is 10.1. The Labute approximate surface area is 154 Å². The Hall–Kier alpha value is -1.74. The van der Waals surface area contributed by atoms with Crippen molar-refractivity contribution in [3.8, 4) is 5.69 Å². The fourth-order valence-corrected chi connectivity index (χ4v) is 5.15. The maximum Gasteiger partial charge on any atom is 0.243 e. The van der Waals surface area contributed by atoms with E-state index >= 15 is 0 Å². The first-order chi connectivity index (χ1) is 12.2. The molecule has 0 spiro atoms. The van der Waals surface area contributed by atoms with Crippen molar-refractivity contribution in [2.45, 2.75) is 30.3 Å². The van der Waals surface area contributed by atoms with Gasteiger partial charge in [-0.2, -0.15) is 9.40 Å². The van der Waals surface area contributed by atoms with E-state index in [2.05, 4.69) is 5.10 Å². The lowest BCUT2D eigenvalue weighted by Gasteiger charge is -2.39. The second-order valence-corrected chi connectivity index (χ2v) is 9.17. The van der Waals surface area contributed by atoms with E-state index in [-0.39, 0.29) is 0 Å². The van der Waals surface area contributed by atoms with Crippen LogP contribution in [-0.2, 0) is 10.0 Å². The molecule has 7 nitrogen and oxygen atoms in total. The van der Waals surface area contributed by atoms with E-state index < -0.39 is 15.6 Å². The zero-order valence-electron chi connectivity index (χ0n) is 15.5. The molecule has 1 saturated heterocycles. The highest BCUT2D eigenvalue weighted by molar-refractivity contribution is 7.89. The molecule has 26 heavy (non-hydrogen) atoms. The van der Waals surface area contributed by atoms with E-state index in [0.29, 0.717) is 48.6 Å². The van der Waals surface area contributed by atoms with Gasteiger partial charge in [-0.1, -0.05) is 6.07 Å². The first kappa shape index (κ1) is 19.0. The fraction of sp³-hybridized carbons (Fsp3) is 0.500. The number of benzene rings is 1. The minimum absolute atomic E-state index is 0.295. The molecule has 1 aliphatic rings. The number of hydrogen-bond donors (Lipinski definition) is 1. The summed E-state index contributed by atoms with van der Waals surface area (Å²) in [7, 11) is 0.199. The average Bonchev–Trinajstić information content (AvgIpc) is 3.09. The van der Waals surface area contributed by atoms with Gasteiger partial charge < -0.3 is 10.0 Å². The summed E-state index contributed by atoms with van der Waals surface area (Å²) < 4.78 is 29.5. The lowest BCUT2D eigenvalue weighted by atomic mass is 9.92. The van der Waals surface area contributed by atoms with E-state index in [4.69, 9.17) is 0 Å². The summed E-state index contributed by atoms with van der Waals surface area (Å²) >= 11 is 0. The summed E-state index contributed by atoms with van der Waals surface area (Å²) in [6, 6.07) is 7.12. The van der Waals surface area contributed by atoms with Crippen molar-refractivity contribution in [1.29, 1.82) is 0 Å². The first-order valence-electron chi connectivity index (χ1n) is 8.69. The van der Waals surface area contributed by atoms with Crippen LogP contribution < -0.4 is 0 Å². The van der Waals surface area contributed by atoms with E-state index in [1.54, 1.807) is 42.2 Å². The summed E-state index contributed by atoms with van der Waals surface area (Å²) in [5.41, 5.74) is 0.580. The normalized spacial score (nSPS) is 18.3. The summed E-state index contributed by atoms with van der Waals surface area (Å²) in [6.45, 7) is 2.97. The number of nitrogens with zero attached hydrogens (tertiary/aromatic N) is 4. The molecule has 0 saturated carbocycles. The van der Waals surface area contributed by atoms with Gasteiger partial charge >= 0.3 is 0 Å². The van der Waals surface area contributed by atoms with Gasteiger partial charge in [-0.25, -0.2) is 13.1 Å². The summed E-state index contributed by atoms with van der Waals surface area (Å²) in [5.74, 6) is 0. The van der Waals surface area contributed by atoms with E-state index in [1.165, 1.54) is 4.31 Å². The maximum atomic E-state index is 13.2. The second-order valence-electron chi connectivity index (χ2n) is 7.27. The van der Waals surface area contributed by atoms with Crippen molar-refractivity contribution < 1.29 is 13.5 Å². The van der Waals surface area contributed by atoms with Gasteiger partial charge in [-0.05, 0) is 57.6 Å². The molecule has 8 heteroatoms. The molecule has 0 unspecified atom stereocenters. The predicted molar refractivity (Wildman–Crippen MR) is 99.8 cm³/mol. The highest BCUT2D eigenvalue weighted by Crippen LogP contribution is 2.29. The van der Waals surface area contributed by atoms with Crippen LogP contribution >= 0.6 is 0 Å². The minimum atomic E-state index is -3.62. The molecule has 1 fully saturated rings. The summed E-state index contributed by atoms with van der Waals surface area (Å²) in [6.07, 6.45) is 4.30. The van der Waals surface area contributed by atoms with E-state index in [9.17, 15) is 13.5 Å². The molecular formula is C18H26N4O3S. The molecule has 0 aliphatic carbocycles. The number of aryl methyl sites for hydroxylation is 1. The molecule has 0 amide bonds. The van der Waals surface area contributed by atoms with Crippen molar-refractivity contribution in [1.82, 2.24) is 19.0 Å². The lowest BCUT2D eigenvalue weighted by Crippen LogP contribution is -2.51. The fourth-order valence-electron chi connectivity index (χ4n) is 3.46. The SMILES string of the molecule is Cc1ccc(-n2cccn2)cc1S(=O)(=O)N1CCC(O)(CN(C)C)CC1. The lowest BCUT2D eigenvalue weighted by molar-refractivity contribution is -0.0234. The maximum absolute atomic E-state index is 13.2. The molecule has 142 valence electrons. The van der Waals surface area contributed by atoms with Crippen molar-refractivity contribution in [3.05, 3.63) is 42.2 Å². The van der Waals surface area contributed by atoms with Gasteiger partial charge in [-0.15, -0.1) is 0 Å². The van der Waals surface area contributed by atoms with Gasteiger partial charge in [-0.3, -0.25) is 0 Å². The molecule has 1 aromatic carbocycles. The molecule has 1 aliphatic heterocycles. The Bertz CT molecular complexity index is 855. The van der Waals surface area contributed by atoms with Crippen LogP contribution in [0.3, 0.4) is 0 Å². The molecule has 0 radical (unpaired) electrons. The van der Waals surface area contributed by atoms with Crippen LogP contribution in [-0.4, -0.2) is 71.8 Å². The van der Waals surface area contributed by atoms with Crippen LogP contribution in [0.5, 0.6) is 0 Å². The second kappa shape index (κ2) is 7.11.